The van der Waals surface area contributed by atoms with Crippen molar-refractivity contribution in [3.05, 3.63) is 59.9 Å². The highest BCUT2D eigenvalue weighted by Gasteiger charge is 2.09. The second-order valence-corrected chi connectivity index (χ2v) is 6.68. The molecule has 2 rings (SSSR count). The van der Waals surface area contributed by atoms with Crippen molar-refractivity contribution in [2.45, 2.75) is 17.9 Å². The summed E-state index contributed by atoms with van der Waals surface area (Å²) >= 11 is 0. The zero-order valence-corrected chi connectivity index (χ0v) is 13.6. The number of benzene rings is 1. The van der Waals surface area contributed by atoms with Crippen molar-refractivity contribution in [2.75, 3.05) is 19.4 Å². The van der Waals surface area contributed by atoms with E-state index in [2.05, 4.69) is 10.3 Å². The second kappa shape index (κ2) is 8.78. The molecular weight excluding hydrogens is 296 g/mol. The molecule has 22 heavy (non-hydrogen) atoms. The summed E-state index contributed by atoms with van der Waals surface area (Å²) in [5, 5.41) is 12.8. The van der Waals surface area contributed by atoms with Gasteiger partial charge in [0, 0.05) is 53.5 Å². The lowest BCUT2D eigenvalue weighted by molar-refractivity contribution is 0.220. The highest BCUT2D eigenvalue weighted by atomic mass is 32.2. The van der Waals surface area contributed by atoms with E-state index in [1.807, 2.05) is 42.5 Å². The monoisotopic (exact) mass is 318 g/mol. The van der Waals surface area contributed by atoms with Crippen molar-refractivity contribution < 1.29 is 9.32 Å². The van der Waals surface area contributed by atoms with E-state index in [1.165, 1.54) is 0 Å². The Morgan fingerprint density at radius 1 is 1.23 bits per heavy atom. The average molecular weight is 318 g/mol. The Balaban J connectivity index is 1.80. The fourth-order valence-corrected chi connectivity index (χ4v) is 2.75. The number of hydrogen-bond acceptors (Lipinski definition) is 4. The van der Waals surface area contributed by atoms with Gasteiger partial charge in [0.15, 0.2) is 0 Å². The Hall–Kier alpha value is -1.56. The number of nitrogens with one attached hydrogen (secondary N) is 1. The Morgan fingerprint density at radius 2 is 2.00 bits per heavy atom. The molecule has 0 spiro atoms. The van der Waals surface area contributed by atoms with Crippen LogP contribution < -0.4 is 5.32 Å². The SMILES string of the molecule is CS(=O)c1ccc(CNCC(CO)Cc2ccccn2)cc1. The molecule has 2 N–H and O–H groups in total. The van der Waals surface area contributed by atoms with Crippen molar-refractivity contribution >= 4 is 10.8 Å². The quantitative estimate of drug-likeness (QED) is 0.778. The van der Waals surface area contributed by atoms with E-state index in [9.17, 15) is 9.32 Å². The molecule has 1 aromatic heterocycles. The summed E-state index contributed by atoms with van der Waals surface area (Å²) in [6.07, 6.45) is 4.21. The van der Waals surface area contributed by atoms with Crippen molar-refractivity contribution in [2.24, 2.45) is 5.92 Å². The fraction of sp³-hybridized carbons (Fsp3) is 0.353. The molecule has 4 nitrogen and oxygen atoms in total. The predicted molar refractivity (Wildman–Crippen MR) is 89.0 cm³/mol. The van der Waals surface area contributed by atoms with Gasteiger partial charge in [0.2, 0.25) is 0 Å². The van der Waals surface area contributed by atoms with E-state index in [-0.39, 0.29) is 12.5 Å². The van der Waals surface area contributed by atoms with E-state index < -0.39 is 10.8 Å². The first-order chi connectivity index (χ1) is 10.7. The molecule has 0 fully saturated rings. The minimum atomic E-state index is -0.935. The number of aliphatic hydroxyl groups is 1. The third kappa shape index (κ3) is 5.33. The number of hydrogen-bond donors (Lipinski definition) is 2. The summed E-state index contributed by atoms with van der Waals surface area (Å²) < 4.78 is 11.3. The third-order valence-electron chi connectivity index (χ3n) is 3.50. The molecule has 0 saturated heterocycles. The summed E-state index contributed by atoms with van der Waals surface area (Å²) in [5.74, 6) is 0.150. The van der Waals surface area contributed by atoms with Crippen LogP contribution in [0.15, 0.2) is 53.6 Å². The molecule has 0 amide bonds. The summed E-state index contributed by atoms with van der Waals surface area (Å²) in [4.78, 5) is 5.13. The molecule has 1 heterocycles. The molecular formula is C17H22N2O2S. The Morgan fingerprint density at radius 3 is 2.59 bits per heavy atom. The van der Waals surface area contributed by atoms with E-state index >= 15 is 0 Å². The molecule has 0 aliphatic rings. The first-order valence-corrected chi connectivity index (χ1v) is 8.88. The number of aromatic nitrogens is 1. The normalized spacial score (nSPS) is 13.7. The van der Waals surface area contributed by atoms with Crippen LogP contribution in [0.1, 0.15) is 11.3 Å². The molecule has 0 aliphatic heterocycles. The lowest BCUT2D eigenvalue weighted by atomic mass is 10.0. The molecule has 2 atom stereocenters. The molecule has 5 heteroatoms. The van der Waals surface area contributed by atoms with Crippen LogP contribution in [0.5, 0.6) is 0 Å². The van der Waals surface area contributed by atoms with Crippen LogP contribution in [0.3, 0.4) is 0 Å². The van der Waals surface area contributed by atoms with Crippen molar-refractivity contribution in [3.8, 4) is 0 Å². The first kappa shape index (κ1) is 16.8. The maximum Gasteiger partial charge on any atom is 0.0498 e. The van der Waals surface area contributed by atoms with Gasteiger partial charge >= 0.3 is 0 Å². The molecule has 2 unspecified atom stereocenters. The zero-order valence-electron chi connectivity index (χ0n) is 12.7. The van der Waals surface area contributed by atoms with Gasteiger partial charge in [-0.15, -0.1) is 0 Å². The summed E-state index contributed by atoms with van der Waals surface area (Å²) in [6.45, 7) is 1.60. The van der Waals surface area contributed by atoms with Crippen LogP contribution in [0, 0.1) is 5.92 Å². The van der Waals surface area contributed by atoms with Crippen LogP contribution in [0.4, 0.5) is 0 Å². The second-order valence-electron chi connectivity index (χ2n) is 5.30. The summed E-state index contributed by atoms with van der Waals surface area (Å²) in [6, 6.07) is 13.6. The molecule has 118 valence electrons. The molecule has 1 aromatic carbocycles. The minimum absolute atomic E-state index is 0.136. The van der Waals surface area contributed by atoms with Gasteiger partial charge in [0.05, 0.1) is 0 Å². The van der Waals surface area contributed by atoms with E-state index in [4.69, 9.17) is 0 Å². The zero-order chi connectivity index (χ0) is 15.8. The highest BCUT2D eigenvalue weighted by Crippen LogP contribution is 2.08. The summed E-state index contributed by atoms with van der Waals surface area (Å²) in [7, 11) is -0.935. The van der Waals surface area contributed by atoms with Gasteiger partial charge in [-0.2, -0.15) is 0 Å². The summed E-state index contributed by atoms with van der Waals surface area (Å²) in [5.41, 5.74) is 2.14. The smallest absolute Gasteiger partial charge is 0.0498 e. The number of rotatable bonds is 8. The Labute approximate surface area is 134 Å². The van der Waals surface area contributed by atoms with Gasteiger partial charge in [-0.1, -0.05) is 18.2 Å². The number of aliphatic hydroxyl groups excluding tert-OH is 1. The van der Waals surface area contributed by atoms with E-state index in [0.29, 0.717) is 0 Å². The maximum absolute atomic E-state index is 11.3. The largest absolute Gasteiger partial charge is 0.396 e. The molecule has 0 radical (unpaired) electrons. The van der Waals surface area contributed by atoms with Crippen LogP contribution in [-0.4, -0.2) is 33.7 Å². The van der Waals surface area contributed by atoms with Crippen LogP contribution in [0.25, 0.3) is 0 Å². The number of nitrogens with zero attached hydrogens (tertiary/aromatic N) is 1. The lowest BCUT2D eigenvalue weighted by Gasteiger charge is -2.14. The molecule has 0 aliphatic carbocycles. The van der Waals surface area contributed by atoms with Crippen molar-refractivity contribution in [3.63, 3.8) is 0 Å². The Kier molecular flexibility index (Phi) is 6.71. The van der Waals surface area contributed by atoms with Gasteiger partial charge in [-0.05, 0) is 42.2 Å². The average Bonchev–Trinajstić information content (AvgIpc) is 2.55. The van der Waals surface area contributed by atoms with Gasteiger partial charge in [0.1, 0.15) is 0 Å². The van der Waals surface area contributed by atoms with Gasteiger partial charge in [0.25, 0.3) is 0 Å². The number of pyridine rings is 1. The molecule has 0 bridgehead atoms. The standard InChI is InChI=1S/C17H22N2O2S/c1-22(21)17-7-5-14(6-8-17)11-18-12-15(13-20)10-16-4-2-3-9-19-16/h2-9,15,18,20H,10-13H2,1H3. The minimum Gasteiger partial charge on any atom is -0.396 e. The van der Waals surface area contributed by atoms with Crippen LogP contribution in [-0.2, 0) is 23.8 Å². The van der Waals surface area contributed by atoms with Gasteiger partial charge in [-0.25, -0.2) is 0 Å². The van der Waals surface area contributed by atoms with Crippen molar-refractivity contribution in [1.29, 1.82) is 0 Å². The highest BCUT2D eigenvalue weighted by molar-refractivity contribution is 7.84. The Bertz CT molecular complexity index is 587. The van der Waals surface area contributed by atoms with Gasteiger partial charge < -0.3 is 10.4 Å². The fourth-order valence-electron chi connectivity index (χ4n) is 2.24. The topological polar surface area (TPSA) is 62.2 Å². The molecule has 0 saturated carbocycles. The van der Waals surface area contributed by atoms with E-state index in [0.717, 1.165) is 35.7 Å². The predicted octanol–water partition coefficient (Wildman–Crippen LogP) is 1.76. The van der Waals surface area contributed by atoms with Crippen LogP contribution in [0.2, 0.25) is 0 Å². The lowest BCUT2D eigenvalue weighted by Crippen LogP contribution is -2.26. The maximum atomic E-state index is 11.3. The molecule has 2 aromatic rings. The van der Waals surface area contributed by atoms with Gasteiger partial charge in [-0.3, -0.25) is 9.19 Å². The van der Waals surface area contributed by atoms with Crippen LogP contribution >= 0.6 is 0 Å². The third-order valence-corrected chi connectivity index (χ3v) is 4.44. The van der Waals surface area contributed by atoms with Crippen molar-refractivity contribution in [1.82, 2.24) is 10.3 Å². The first-order valence-electron chi connectivity index (χ1n) is 7.33. The van der Waals surface area contributed by atoms with E-state index in [1.54, 1.807) is 12.5 Å².